The van der Waals surface area contributed by atoms with Crippen LogP contribution in [0.4, 0.5) is 0 Å². The minimum absolute atomic E-state index is 0.00695. The van der Waals surface area contributed by atoms with Gasteiger partial charge in [0.1, 0.15) is 0 Å². The van der Waals surface area contributed by atoms with Gasteiger partial charge in [0.25, 0.3) is 0 Å². The van der Waals surface area contributed by atoms with Gasteiger partial charge in [-0.3, -0.25) is 14.6 Å². The summed E-state index contributed by atoms with van der Waals surface area (Å²) in [5.41, 5.74) is 5.88. The lowest BCUT2D eigenvalue weighted by Crippen LogP contribution is -2.70. The van der Waals surface area contributed by atoms with E-state index in [9.17, 15) is 15.0 Å². The van der Waals surface area contributed by atoms with E-state index in [1.54, 1.807) is 13.8 Å². The molecule has 9 aliphatic rings. The molecule has 0 bridgehead atoms. The number of hydrogen-bond donors (Lipinski definition) is 3. The monoisotopic (exact) mass is 758 g/mol. The van der Waals surface area contributed by atoms with Crippen molar-refractivity contribution < 1.29 is 38.7 Å². The maximum atomic E-state index is 12.5. The zero-order valence-electron chi connectivity index (χ0n) is 34.3. The molecule has 306 valence electrons. The molecule has 0 aromatic carbocycles. The molecular formula is C43H71N3O8. The van der Waals surface area contributed by atoms with Crippen LogP contribution in [0.15, 0.2) is 0 Å². The summed E-state index contributed by atoms with van der Waals surface area (Å²) in [7, 11) is 0. The predicted octanol–water partition coefficient (Wildman–Crippen LogP) is 4.10. The number of esters is 1. The molecule has 0 aromatic heterocycles. The number of rotatable bonds is 7. The van der Waals surface area contributed by atoms with Crippen LogP contribution in [0.3, 0.4) is 0 Å². The number of aliphatic hydroxyl groups excluding tert-OH is 1. The molecule has 2 spiro atoms. The SMILES string of the molecule is CC(=O)OC(C1CC(C)C2C(O1)C(O)C1(N)C3CCC4C(C)(C)C(OC5CN(C6CCN(C7COC7)CC6)CCO5)CCC45CC35CCC21C)C(C)(C)O. The van der Waals surface area contributed by atoms with Crippen molar-refractivity contribution >= 4 is 5.97 Å². The van der Waals surface area contributed by atoms with E-state index >= 15 is 0 Å². The lowest BCUT2D eigenvalue weighted by atomic mass is 9.43. The number of ether oxygens (including phenoxy) is 5. The summed E-state index contributed by atoms with van der Waals surface area (Å²) in [5, 5.41) is 23.6. The second-order valence-corrected chi connectivity index (χ2v) is 21.3. The maximum absolute atomic E-state index is 12.5. The molecule has 11 nitrogen and oxygen atoms in total. The standard InChI is InChI=1S/C43H71N3O8/c1-25-20-29(37(39(5,6)49)52-26(2)47)53-35-34(25)40(7)14-15-42-24-41(42)13-10-32(38(3,4)30(41)8-9-31(42)43(40,44)36(35)48)54-33-21-46(18-19-51-33)27-11-16-45(17-12-27)28-22-50-23-28/h25,27-37,48-49H,8-24,44H2,1-7H3. The smallest absolute Gasteiger partial charge is 0.303 e. The number of carbonyl (C=O) groups excluding carboxylic acids is 1. The Hall–Kier alpha value is -0.890. The number of likely N-dealkylation sites (tertiary alicyclic amines) is 1. The highest BCUT2D eigenvalue weighted by molar-refractivity contribution is 5.66. The van der Waals surface area contributed by atoms with Crippen molar-refractivity contribution in [2.24, 2.45) is 51.1 Å². The number of morpholine rings is 1. The molecule has 14 atom stereocenters. The Morgan fingerprint density at radius 1 is 0.944 bits per heavy atom. The summed E-state index contributed by atoms with van der Waals surface area (Å²) >= 11 is 0. The molecule has 9 rings (SSSR count). The zero-order chi connectivity index (χ0) is 38.2. The van der Waals surface area contributed by atoms with Gasteiger partial charge in [-0.05, 0) is 123 Å². The van der Waals surface area contributed by atoms with Crippen molar-refractivity contribution in [1.29, 1.82) is 0 Å². The minimum Gasteiger partial charge on any atom is -0.457 e. The van der Waals surface area contributed by atoms with E-state index in [1.807, 2.05) is 0 Å². The summed E-state index contributed by atoms with van der Waals surface area (Å²) < 4.78 is 31.4. The van der Waals surface area contributed by atoms with Crippen molar-refractivity contribution in [2.45, 2.75) is 173 Å². The fourth-order valence-electron chi connectivity index (χ4n) is 15.5. The molecular weight excluding hydrogens is 686 g/mol. The highest BCUT2D eigenvalue weighted by Gasteiger charge is 2.85. The third kappa shape index (κ3) is 5.47. The lowest BCUT2D eigenvalue weighted by molar-refractivity contribution is -0.249. The van der Waals surface area contributed by atoms with Crippen LogP contribution in [-0.2, 0) is 28.5 Å². The number of carbonyl (C=O) groups is 1. The molecule has 4 aliphatic heterocycles. The van der Waals surface area contributed by atoms with Crippen molar-refractivity contribution in [3.8, 4) is 0 Å². The van der Waals surface area contributed by atoms with Crippen LogP contribution in [0, 0.1) is 45.3 Å². The molecule has 14 unspecified atom stereocenters. The first-order valence-electron chi connectivity index (χ1n) is 21.8. The molecule has 0 aromatic rings. The summed E-state index contributed by atoms with van der Waals surface area (Å²) in [4.78, 5) is 17.4. The van der Waals surface area contributed by atoms with E-state index in [2.05, 4.69) is 37.5 Å². The quantitative estimate of drug-likeness (QED) is 0.324. The van der Waals surface area contributed by atoms with Gasteiger partial charge >= 0.3 is 5.97 Å². The van der Waals surface area contributed by atoms with Crippen LogP contribution < -0.4 is 5.73 Å². The van der Waals surface area contributed by atoms with Gasteiger partial charge in [-0.25, -0.2) is 0 Å². The number of nitrogens with two attached hydrogens (primary N) is 1. The molecule has 5 aliphatic carbocycles. The lowest BCUT2D eigenvalue weighted by Gasteiger charge is -2.63. The first-order chi connectivity index (χ1) is 25.5. The van der Waals surface area contributed by atoms with Gasteiger partial charge in [-0.1, -0.05) is 27.7 Å². The number of piperidine rings is 1. The third-order valence-corrected chi connectivity index (χ3v) is 18.1. The average Bonchev–Trinajstić information content (AvgIpc) is 3.72. The van der Waals surface area contributed by atoms with E-state index in [0.717, 1.165) is 84.5 Å². The Balaban J connectivity index is 0.894. The Labute approximate surface area is 323 Å². The van der Waals surface area contributed by atoms with Gasteiger partial charge in [-0.15, -0.1) is 0 Å². The maximum Gasteiger partial charge on any atom is 0.303 e. The predicted molar refractivity (Wildman–Crippen MR) is 202 cm³/mol. The third-order valence-electron chi connectivity index (χ3n) is 18.1. The van der Waals surface area contributed by atoms with Crippen LogP contribution >= 0.6 is 0 Å². The Morgan fingerprint density at radius 2 is 1.65 bits per heavy atom. The first-order valence-corrected chi connectivity index (χ1v) is 21.8. The van der Waals surface area contributed by atoms with Crippen molar-refractivity contribution in [3.05, 3.63) is 0 Å². The summed E-state index contributed by atoms with van der Waals surface area (Å²) in [6.07, 6.45) is 8.09. The molecule has 0 radical (unpaired) electrons. The highest BCUT2D eigenvalue weighted by Crippen LogP contribution is 2.87. The largest absolute Gasteiger partial charge is 0.457 e. The molecule has 5 saturated carbocycles. The zero-order valence-corrected chi connectivity index (χ0v) is 34.3. The van der Waals surface area contributed by atoms with Crippen LogP contribution in [0.2, 0.25) is 0 Å². The summed E-state index contributed by atoms with van der Waals surface area (Å²) in [6, 6.07) is 1.23. The number of aliphatic hydroxyl groups is 2. The molecule has 11 heteroatoms. The fraction of sp³-hybridized carbons (Fsp3) is 0.977. The van der Waals surface area contributed by atoms with Crippen LogP contribution in [0.1, 0.15) is 113 Å². The summed E-state index contributed by atoms with van der Waals surface area (Å²) in [6.45, 7) is 21.0. The van der Waals surface area contributed by atoms with Crippen LogP contribution in [0.25, 0.3) is 0 Å². The molecule has 4 N–H and O–H groups in total. The first kappa shape index (κ1) is 38.6. The van der Waals surface area contributed by atoms with Gasteiger partial charge in [-0.2, -0.15) is 0 Å². The Morgan fingerprint density at radius 3 is 2.31 bits per heavy atom. The van der Waals surface area contributed by atoms with E-state index < -0.39 is 41.5 Å². The van der Waals surface area contributed by atoms with E-state index in [1.165, 1.54) is 26.2 Å². The molecule has 54 heavy (non-hydrogen) atoms. The normalized spacial score (nSPS) is 50.1. The van der Waals surface area contributed by atoms with Crippen molar-refractivity contribution in [1.82, 2.24) is 9.80 Å². The number of nitrogens with zero attached hydrogens (tertiary/aromatic N) is 2. The minimum atomic E-state index is -1.28. The van der Waals surface area contributed by atoms with Crippen LogP contribution in [-0.4, -0.2) is 132 Å². The van der Waals surface area contributed by atoms with Gasteiger partial charge in [0.2, 0.25) is 0 Å². The van der Waals surface area contributed by atoms with Gasteiger partial charge in [0.15, 0.2) is 12.4 Å². The fourth-order valence-corrected chi connectivity index (χ4v) is 15.5. The second kappa shape index (κ2) is 13.1. The highest BCUT2D eigenvalue weighted by atomic mass is 16.7. The summed E-state index contributed by atoms with van der Waals surface area (Å²) in [5.74, 6) is 0.615. The van der Waals surface area contributed by atoms with Gasteiger partial charge < -0.3 is 39.6 Å². The van der Waals surface area contributed by atoms with Crippen molar-refractivity contribution in [3.63, 3.8) is 0 Å². The van der Waals surface area contributed by atoms with Gasteiger partial charge in [0, 0.05) is 39.1 Å². The second-order valence-electron chi connectivity index (χ2n) is 21.3. The van der Waals surface area contributed by atoms with Gasteiger partial charge in [0.05, 0.1) is 61.4 Å². The Kier molecular flexibility index (Phi) is 9.34. The number of fused-ring (bicyclic) bond motifs is 4. The number of hydrogen-bond acceptors (Lipinski definition) is 11. The Bertz CT molecular complexity index is 1450. The topological polar surface area (TPSA) is 136 Å². The molecule has 0 amide bonds. The average molecular weight is 758 g/mol. The van der Waals surface area contributed by atoms with Crippen LogP contribution in [0.5, 0.6) is 0 Å². The molecule has 4 saturated heterocycles. The van der Waals surface area contributed by atoms with E-state index in [4.69, 9.17) is 29.4 Å². The van der Waals surface area contributed by atoms with E-state index in [0.29, 0.717) is 24.4 Å². The van der Waals surface area contributed by atoms with Crippen molar-refractivity contribution in [2.75, 3.05) is 46.0 Å². The molecule has 4 heterocycles. The molecule has 9 fully saturated rings. The van der Waals surface area contributed by atoms with E-state index in [-0.39, 0.29) is 51.8 Å².